The molecule has 0 spiro atoms. The van der Waals surface area contributed by atoms with Crippen molar-refractivity contribution in [3.05, 3.63) is 35.4 Å². The van der Waals surface area contributed by atoms with Crippen molar-refractivity contribution in [2.45, 2.75) is 43.3 Å². The van der Waals surface area contributed by atoms with E-state index in [1.807, 2.05) is 12.1 Å². The number of phenolic OH excluding ortho intramolecular Hbond substituents is 1. The third-order valence-corrected chi connectivity index (χ3v) is 7.47. The Morgan fingerprint density at radius 1 is 0.875 bits per heavy atom. The average molecular weight is 467 g/mol. The molecule has 0 unspecified atom stereocenters. The maximum absolute atomic E-state index is 12.7. The van der Waals surface area contributed by atoms with Crippen LogP contribution in [0.5, 0.6) is 28.7 Å². The van der Waals surface area contributed by atoms with Crippen LogP contribution >= 0.6 is 0 Å². The first-order valence-electron chi connectivity index (χ1n) is 10.4. The number of aromatic hydroxyl groups is 1. The molecule has 1 heterocycles. The standard InChI is InChI=1S/C23H30O8S/c1-6-9-32(25,26)21-13-15(10-18(27-2)22(21)24)17-8-7-16(31-17)14-11-19(28-3)23(30-5)20(12-14)29-4/h10-13,16-17,24H,6-9H2,1-5H3/t16-,17-/m0/s1. The van der Waals surface area contributed by atoms with Gasteiger partial charge >= 0.3 is 0 Å². The van der Waals surface area contributed by atoms with Crippen LogP contribution in [0.1, 0.15) is 49.5 Å². The van der Waals surface area contributed by atoms with Gasteiger partial charge in [-0.2, -0.15) is 0 Å². The van der Waals surface area contributed by atoms with Gasteiger partial charge in [0.1, 0.15) is 4.90 Å². The Morgan fingerprint density at radius 2 is 1.38 bits per heavy atom. The number of ether oxygens (including phenoxy) is 5. The molecule has 1 N–H and O–H groups in total. The molecule has 0 saturated carbocycles. The van der Waals surface area contributed by atoms with Crippen LogP contribution in [0.25, 0.3) is 0 Å². The van der Waals surface area contributed by atoms with Crippen LogP contribution in [0.15, 0.2) is 29.2 Å². The SMILES string of the molecule is CCCS(=O)(=O)c1cc([C@@H]2CC[C@@H](c3cc(OC)c(OC)c(OC)c3)O2)cc(OC)c1O. The van der Waals surface area contributed by atoms with Crippen molar-refractivity contribution in [2.75, 3.05) is 34.2 Å². The monoisotopic (exact) mass is 466 g/mol. The van der Waals surface area contributed by atoms with Gasteiger partial charge in [0.15, 0.2) is 32.8 Å². The van der Waals surface area contributed by atoms with Gasteiger partial charge in [0.25, 0.3) is 0 Å². The molecule has 0 aromatic heterocycles. The van der Waals surface area contributed by atoms with Crippen LogP contribution in [0.2, 0.25) is 0 Å². The van der Waals surface area contributed by atoms with E-state index in [1.165, 1.54) is 13.2 Å². The van der Waals surface area contributed by atoms with Crippen molar-refractivity contribution in [3.63, 3.8) is 0 Å². The topological polar surface area (TPSA) is 101 Å². The van der Waals surface area contributed by atoms with Gasteiger partial charge in [0, 0.05) is 0 Å². The fourth-order valence-corrected chi connectivity index (χ4v) is 5.44. The minimum atomic E-state index is -3.65. The highest BCUT2D eigenvalue weighted by Gasteiger charge is 2.32. The molecule has 0 aliphatic carbocycles. The summed E-state index contributed by atoms with van der Waals surface area (Å²) in [6, 6.07) is 6.82. The highest BCUT2D eigenvalue weighted by Crippen LogP contribution is 2.47. The Labute approximate surface area is 188 Å². The van der Waals surface area contributed by atoms with Gasteiger partial charge in [-0.05, 0) is 54.7 Å². The average Bonchev–Trinajstić information content (AvgIpc) is 3.28. The number of rotatable bonds is 9. The molecular weight excluding hydrogens is 436 g/mol. The number of hydrogen-bond donors (Lipinski definition) is 1. The first kappa shape index (κ1) is 24.0. The van der Waals surface area contributed by atoms with Crippen molar-refractivity contribution < 1.29 is 37.2 Å². The summed E-state index contributed by atoms with van der Waals surface area (Å²) in [6.45, 7) is 1.78. The number of methoxy groups -OCH3 is 4. The van der Waals surface area contributed by atoms with E-state index in [2.05, 4.69) is 0 Å². The van der Waals surface area contributed by atoms with Gasteiger partial charge in [-0.15, -0.1) is 0 Å². The van der Waals surface area contributed by atoms with Crippen LogP contribution in [-0.4, -0.2) is 47.7 Å². The van der Waals surface area contributed by atoms with Gasteiger partial charge in [-0.3, -0.25) is 0 Å². The predicted molar refractivity (Wildman–Crippen MR) is 119 cm³/mol. The van der Waals surface area contributed by atoms with E-state index in [0.29, 0.717) is 42.1 Å². The summed E-state index contributed by atoms with van der Waals surface area (Å²) in [6.07, 6.45) is 1.22. The summed E-state index contributed by atoms with van der Waals surface area (Å²) < 4.78 is 53.1. The Hall–Kier alpha value is -2.65. The Bertz CT molecular complexity index is 1040. The number of phenols is 1. The summed E-state index contributed by atoms with van der Waals surface area (Å²) in [4.78, 5) is -0.131. The van der Waals surface area contributed by atoms with Crippen molar-refractivity contribution in [3.8, 4) is 28.7 Å². The molecule has 2 atom stereocenters. The van der Waals surface area contributed by atoms with Gasteiger partial charge in [0.05, 0.1) is 46.4 Å². The van der Waals surface area contributed by atoms with Gasteiger partial charge in [0.2, 0.25) is 5.75 Å². The summed E-state index contributed by atoms with van der Waals surface area (Å²) >= 11 is 0. The van der Waals surface area contributed by atoms with E-state index >= 15 is 0 Å². The number of hydrogen-bond acceptors (Lipinski definition) is 8. The normalized spacial score (nSPS) is 18.4. The Kier molecular flexibility index (Phi) is 7.40. The first-order chi connectivity index (χ1) is 15.3. The second kappa shape index (κ2) is 9.87. The second-order valence-corrected chi connectivity index (χ2v) is 9.62. The van der Waals surface area contributed by atoms with Gasteiger partial charge < -0.3 is 28.8 Å². The molecule has 1 saturated heterocycles. The number of benzene rings is 2. The van der Waals surface area contributed by atoms with Crippen molar-refractivity contribution in [2.24, 2.45) is 0 Å². The minimum absolute atomic E-state index is 0.0627. The number of sulfone groups is 1. The molecule has 2 aromatic carbocycles. The quantitative estimate of drug-likeness (QED) is 0.587. The van der Waals surface area contributed by atoms with Crippen LogP contribution < -0.4 is 18.9 Å². The zero-order valence-electron chi connectivity index (χ0n) is 19.0. The third kappa shape index (κ3) is 4.59. The van der Waals surface area contributed by atoms with Gasteiger partial charge in [-0.1, -0.05) is 6.92 Å². The molecule has 1 fully saturated rings. The zero-order valence-corrected chi connectivity index (χ0v) is 19.8. The lowest BCUT2D eigenvalue weighted by molar-refractivity contribution is 0.0435. The fourth-order valence-electron chi connectivity index (χ4n) is 3.97. The van der Waals surface area contributed by atoms with Crippen LogP contribution in [0, 0.1) is 0 Å². The van der Waals surface area contributed by atoms with Crippen molar-refractivity contribution >= 4 is 9.84 Å². The van der Waals surface area contributed by atoms with E-state index in [1.54, 1.807) is 34.3 Å². The van der Waals surface area contributed by atoms with E-state index < -0.39 is 9.84 Å². The molecule has 8 nitrogen and oxygen atoms in total. The maximum atomic E-state index is 12.7. The van der Waals surface area contributed by atoms with Gasteiger partial charge in [-0.25, -0.2) is 8.42 Å². The lowest BCUT2D eigenvalue weighted by Crippen LogP contribution is -2.09. The highest BCUT2D eigenvalue weighted by molar-refractivity contribution is 7.91. The van der Waals surface area contributed by atoms with Crippen LogP contribution in [0.4, 0.5) is 0 Å². The van der Waals surface area contributed by atoms with Crippen molar-refractivity contribution in [1.29, 1.82) is 0 Å². The fraction of sp³-hybridized carbons (Fsp3) is 0.478. The van der Waals surface area contributed by atoms with E-state index in [4.69, 9.17) is 23.7 Å². The molecule has 176 valence electrons. The Balaban J connectivity index is 1.95. The first-order valence-corrected chi connectivity index (χ1v) is 12.0. The predicted octanol–water partition coefficient (Wildman–Crippen LogP) is 4.20. The van der Waals surface area contributed by atoms with E-state index in [0.717, 1.165) is 5.56 Å². The molecule has 0 bridgehead atoms. The molecule has 32 heavy (non-hydrogen) atoms. The largest absolute Gasteiger partial charge is 0.503 e. The van der Waals surface area contributed by atoms with E-state index in [9.17, 15) is 13.5 Å². The maximum Gasteiger partial charge on any atom is 0.203 e. The smallest absolute Gasteiger partial charge is 0.203 e. The molecule has 0 amide bonds. The molecule has 1 aliphatic rings. The van der Waals surface area contributed by atoms with E-state index in [-0.39, 0.29) is 34.4 Å². The lowest BCUT2D eigenvalue weighted by Gasteiger charge is -2.19. The summed E-state index contributed by atoms with van der Waals surface area (Å²) in [5.41, 5.74) is 1.51. The Morgan fingerprint density at radius 3 is 1.84 bits per heavy atom. The molecule has 0 radical (unpaired) electrons. The minimum Gasteiger partial charge on any atom is -0.503 e. The molecule has 1 aliphatic heterocycles. The molecule has 3 rings (SSSR count). The summed E-state index contributed by atoms with van der Waals surface area (Å²) in [5, 5.41) is 10.4. The zero-order chi connectivity index (χ0) is 23.5. The lowest BCUT2D eigenvalue weighted by atomic mass is 10.0. The highest BCUT2D eigenvalue weighted by atomic mass is 32.2. The van der Waals surface area contributed by atoms with Crippen LogP contribution in [-0.2, 0) is 14.6 Å². The van der Waals surface area contributed by atoms with Crippen molar-refractivity contribution in [1.82, 2.24) is 0 Å². The second-order valence-electron chi connectivity index (χ2n) is 7.54. The summed E-state index contributed by atoms with van der Waals surface area (Å²) in [5.74, 6) is 1.25. The third-order valence-electron chi connectivity index (χ3n) is 5.54. The molecule has 9 heteroatoms. The van der Waals surface area contributed by atoms with Crippen LogP contribution in [0.3, 0.4) is 0 Å². The molecule has 2 aromatic rings. The molecular formula is C23H30O8S. The summed E-state index contributed by atoms with van der Waals surface area (Å²) in [7, 11) is 2.40.